The molecule has 6 atom stereocenters. The van der Waals surface area contributed by atoms with Crippen molar-refractivity contribution in [2.75, 3.05) is 13.2 Å². The number of aliphatic hydroxyl groups excluding tert-OH is 2. The number of allylic oxidation sites excluding steroid dienone is 10. The number of carboxylic acids is 1. The number of esters is 3. The molecule has 0 saturated carbocycles. The number of ether oxygens (including phenoxy) is 5. The maximum atomic E-state index is 13.2. The minimum atomic E-state index is -1.91. The molecule has 456 valence electrons. The summed E-state index contributed by atoms with van der Waals surface area (Å²) in [6, 6.07) is 0. The average Bonchev–Trinajstić information content (AvgIpc) is 3.43. The Balaban J connectivity index is 2.67. The Morgan fingerprint density at radius 3 is 1.23 bits per heavy atom. The molecule has 79 heavy (non-hydrogen) atoms. The lowest BCUT2D eigenvalue weighted by molar-refractivity contribution is -0.301. The van der Waals surface area contributed by atoms with Gasteiger partial charge in [-0.3, -0.25) is 14.4 Å². The zero-order valence-electron chi connectivity index (χ0n) is 50.4. The highest BCUT2D eigenvalue weighted by molar-refractivity contribution is 5.74. The summed E-state index contributed by atoms with van der Waals surface area (Å²) in [4.78, 5) is 51.3. The second kappa shape index (κ2) is 55.0. The standard InChI is InChI=1S/C67H116O12/c1-4-7-10-13-16-19-22-25-28-30-33-35-38-41-44-47-50-53-59(68)75-56-58(77-60(69)54-51-48-45-42-39-36-32-27-24-21-18-15-12-9-6-3)57-76-67-65(63(72)62(71)64(79-67)66(73)74)78-61(70)55-52-49-46-43-40-37-34-31-29-26-23-20-17-14-11-8-5-2/h8,11,17,20,26-27,29,32,34,37,58,62-65,67,71-72H,4-7,9-10,12-16,18-19,21-25,28,30-31,33,35-36,38-57H2,1-3H3,(H,73,74)/b11-8-,20-17-,29-26-,32-27-,37-34-. The number of carbonyl (C=O) groups is 4. The highest BCUT2D eigenvalue weighted by Gasteiger charge is 2.50. The van der Waals surface area contributed by atoms with E-state index < -0.39 is 67.3 Å². The van der Waals surface area contributed by atoms with Gasteiger partial charge >= 0.3 is 23.9 Å². The Labute approximate surface area is 481 Å². The summed E-state index contributed by atoms with van der Waals surface area (Å²) < 4.78 is 28.5. The van der Waals surface area contributed by atoms with Crippen LogP contribution in [0, 0.1) is 0 Å². The van der Waals surface area contributed by atoms with Gasteiger partial charge < -0.3 is 39.0 Å². The molecule has 3 N–H and O–H groups in total. The van der Waals surface area contributed by atoms with Crippen LogP contribution in [-0.2, 0) is 42.9 Å². The molecule has 1 heterocycles. The quantitative estimate of drug-likeness (QED) is 0.0228. The smallest absolute Gasteiger partial charge is 0.335 e. The molecule has 0 aromatic heterocycles. The van der Waals surface area contributed by atoms with E-state index in [4.69, 9.17) is 23.7 Å². The fourth-order valence-corrected chi connectivity index (χ4v) is 9.65. The molecule has 1 saturated heterocycles. The van der Waals surface area contributed by atoms with E-state index in [1.54, 1.807) is 0 Å². The lowest BCUT2D eigenvalue weighted by Gasteiger charge is -2.40. The molecule has 12 heteroatoms. The predicted molar refractivity (Wildman–Crippen MR) is 322 cm³/mol. The molecule has 0 bridgehead atoms. The van der Waals surface area contributed by atoms with E-state index in [2.05, 4.69) is 81.5 Å². The van der Waals surface area contributed by atoms with Gasteiger partial charge in [0.25, 0.3) is 0 Å². The lowest BCUT2D eigenvalue weighted by Crippen LogP contribution is -2.61. The van der Waals surface area contributed by atoms with Gasteiger partial charge in [-0.1, -0.05) is 248 Å². The van der Waals surface area contributed by atoms with Gasteiger partial charge in [-0.15, -0.1) is 0 Å². The van der Waals surface area contributed by atoms with Gasteiger partial charge in [-0.25, -0.2) is 4.79 Å². The molecular weight excluding hydrogens is 997 g/mol. The number of hydrogen-bond donors (Lipinski definition) is 3. The number of aliphatic hydroxyl groups is 2. The largest absolute Gasteiger partial charge is 0.479 e. The summed E-state index contributed by atoms with van der Waals surface area (Å²) in [7, 11) is 0. The monoisotopic (exact) mass is 1110 g/mol. The molecule has 6 unspecified atom stereocenters. The second-order valence-corrected chi connectivity index (χ2v) is 22.0. The van der Waals surface area contributed by atoms with Crippen LogP contribution in [0.2, 0.25) is 0 Å². The van der Waals surface area contributed by atoms with E-state index in [0.29, 0.717) is 19.3 Å². The predicted octanol–water partition coefficient (Wildman–Crippen LogP) is 17.1. The van der Waals surface area contributed by atoms with Crippen molar-refractivity contribution >= 4 is 23.9 Å². The van der Waals surface area contributed by atoms with Crippen molar-refractivity contribution in [3.63, 3.8) is 0 Å². The fraction of sp³-hybridized carbons (Fsp3) is 0.791. The molecule has 0 radical (unpaired) electrons. The van der Waals surface area contributed by atoms with Crippen molar-refractivity contribution in [1.29, 1.82) is 0 Å². The number of carboxylic acid groups (broad SMARTS) is 1. The Kier molecular flexibility index (Phi) is 51.1. The lowest BCUT2D eigenvalue weighted by atomic mass is 9.98. The van der Waals surface area contributed by atoms with Crippen LogP contribution in [-0.4, -0.2) is 89.2 Å². The first kappa shape index (κ1) is 73.4. The summed E-state index contributed by atoms with van der Waals surface area (Å²) in [6.45, 7) is 5.90. The average molecular weight is 1110 g/mol. The van der Waals surface area contributed by atoms with Crippen molar-refractivity contribution < 1.29 is 58.2 Å². The highest BCUT2D eigenvalue weighted by atomic mass is 16.7. The van der Waals surface area contributed by atoms with Crippen LogP contribution in [0.3, 0.4) is 0 Å². The zero-order valence-corrected chi connectivity index (χ0v) is 50.4. The molecule has 0 aliphatic carbocycles. The molecular formula is C67H116O12. The first-order valence-corrected chi connectivity index (χ1v) is 32.3. The minimum absolute atomic E-state index is 0.0321. The van der Waals surface area contributed by atoms with E-state index >= 15 is 0 Å². The van der Waals surface area contributed by atoms with Gasteiger partial charge in [0.1, 0.15) is 18.8 Å². The molecule has 0 amide bonds. The molecule has 0 spiro atoms. The first-order chi connectivity index (χ1) is 38.6. The summed E-state index contributed by atoms with van der Waals surface area (Å²) in [5.74, 6) is -3.14. The fourth-order valence-electron chi connectivity index (χ4n) is 9.65. The Morgan fingerprint density at radius 1 is 0.430 bits per heavy atom. The van der Waals surface area contributed by atoms with Crippen LogP contribution in [0.1, 0.15) is 290 Å². The van der Waals surface area contributed by atoms with Gasteiger partial charge in [0.15, 0.2) is 24.6 Å². The van der Waals surface area contributed by atoms with E-state index in [1.165, 1.54) is 122 Å². The molecule has 0 aromatic carbocycles. The number of carbonyl (C=O) groups excluding carboxylic acids is 3. The van der Waals surface area contributed by atoms with Crippen molar-refractivity contribution in [1.82, 2.24) is 0 Å². The number of rotatable bonds is 55. The minimum Gasteiger partial charge on any atom is -0.479 e. The summed E-state index contributed by atoms with van der Waals surface area (Å²) in [5.41, 5.74) is 0. The van der Waals surface area contributed by atoms with Crippen LogP contribution < -0.4 is 0 Å². The van der Waals surface area contributed by atoms with Crippen molar-refractivity contribution in [2.45, 2.75) is 327 Å². The first-order valence-electron chi connectivity index (χ1n) is 32.3. The van der Waals surface area contributed by atoms with Gasteiger partial charge in [-0.05, 0) is 83.5 Å². The molecule has 1 rings (SSSR count). The van der Waals surface area contributed by atoms with Gasteiger partial charge in [-0.2, -0.15) is 0 Å². The second-order valence-electron chi connectivity index (χ2n) is 22.0. The Hall–Kier alpha value is -3.58. The molecule has 1 aliphatic rings. The maximum Gasteiger partial charge on any atom is 0.335 e. The van der Waals surface area contributed by atoms with Crippen molar-refractivity contribution in [3.05, 3.63) is 60.8 Å². The van der Waals surface area contributed by atoms with E-state index in [-0.39, 0.29) is 25.9 Å². The van der Waals surface area contributed by atoms with Crippen molar-refractivity contribution in [2.24, 2.45) is 0 Å². The number of aliphatic carboxylic acids is 1. The molecule has 12 nitrogen and oxygen atoms in total. The van der Waals surface area contributed by atoms with Gasteiger partial charge in [0.2, 0.25) is 0 Å². The maximum absolute atomic E-state index is 13.2. The van der Waals surface area contributed by atoms with Crippen LogP contribution in [0.25, 0.3) is 0 Å². The van der Waals surface area contributed by atoms with E-state index in [0.717, 1.165) is 109 Å². The molecule has 0 aromatic rings. The summed E-state index contributed by atoms with van der Waals surface area (Å²) >= 11 is 0. The van der Waals surface area contributed by atoms with Gasteiger partial charge in [0, 0.05) is 19.3 Å². The zero-order chi connectivity index (χ0) is 57.5. The van der Waals surface area contributed by atoms with Gasteiger partial charge in [0.05, 0.1) is 6.61 Å². The normalized spacial score (nSPS) is 18.2. The topological polar surface area (TPSA) is 175 Å². The SMILES string of the molecule is CC/C=C\C/C=C\C/C=C\C/C=C\CCCCCCC(=O)OC1C(OCC(COC(=O)CCCCCCCCCCCCCCCCCCC)OC(=O)CCCCCCC/C=C\CCCCCCCC)OC(C(=O)O)C(O)C1O. The summed E-state index contributed by atoms with van der Waals surface area (Å²) in [6.07, 6.45) is 56.1. The molecule has 1 fully saturated rings. The van der Waals surface area contributed by atoms with Crippen LogP contribution in [0.15, 0.2) is 60.8 Å². The molecule has 1 aliphatic heterocycles. The van der Waals surface area contributed by atoms with E-state index in [1.807, 2.05) is 0 Å². The number of hydrogen-bond acceptors (Lipinski definition) is 11. The van der Waals surface area contributed by atoms with Crippen molar-refractivity contribution in [3.8, 4) is 0 Å². The number of unbranched alkanes of at least 4 members (excludes halogenated alkanes) is 31. The third-order valence-corrected chi connectivity index (χ3v) is 14.6. The summed E-state index contributed by atoms with van der Waals surface area (Å²) in [5, 5.41) is 31.6. The van der Waals surface area contributed by atoms with Crippen LogP contribution in [0.4, 0.5) is 0 Å². The third kappa shape index (κ3) is 44.7. The third-order valence-electron chi connectivity index (χ3n) is 14.6. The van der Waals surface area contributed by atoms with E-state index in [9.17, 15) is 34.5 Å². The van der Waals surface area contributed by atoms with Crippen LogP contribution in [0.5, 0.6) is 0 Å². The highest BCUT2D eigenvalue weighted by Crippen LogP contribution is 2.27. The Morgan fingerprint density at radius 2 is 0.797 bits per heavy atom. The Bertz CT molecular complexity index is 1600. The van der Waals surface area contributed by atoms with Crippen LogP contribution >= 0.6 is 0 Å².